The highest BCUT2D eigenvalue weighted by Crippen LogP contribution is 2.30. The Morgan fingerprint density at radius 2 is 1.60 bits per heavy atom. The molecule has 1 aromatic heterocycles. The van der Waals surface area contributed by atoms with Crippen molar-refractivity contribution in [3.63, 3.8) is 0 Å². The molecule has 0 aliphatic heterocycles. The molecule has 9 heteroatoms. The molecule has 42 heavy (non-hydrogen) atoms. The Bertz CT molecular complexity index is 1500. The van der Waals surface area contributed by atoms with E-state index < -0.39 is 11.7 Å². The Labute approximate surface area is 243 Å². The van der Waals surface area contributed by atoms with Crippen molar-refractivity contribution in [3.8, 4) is 5.75 Å². The Balaban J connectivity index is 1.56. The molecule has 0 spiro atoms. The first-order valence-electron chi connectivity index (χ1n) is 13.3. The summed E-state index contributed by atoms with van der Waals surface area (Å²) < 4.78 is 46.8. The van der Waals surface area contributed by atoms with E-state index in [4.69, 9.17) is 4.74 Å². The van der Waals surface area contributed by atoms with Crippen LogP contribution in [0.3, 0.4) is 0 Å². The molecule has 0 saturated carbocycles. The fourth-order valence-electron chi connectivity index (χ4n) is 4.58. The number of carbonyl (C=O) groups excluding carboxylic acids is 2. The number of halogens is 3. The van der Waals surface area contributed by atoms with Crippen LogP contribution in [-0.2, 0) is 30.6 Å². The summed E-state index contributed by atoms with van der Waals surface area (Å²) in [7, 11) is 1.54. The van der Waals surface area contributed by atoms with Crippen molar-refractivity contribution in [2.45, 2.75) is 25.8 Å². The third-order valence-corrected chi connectivity index (χ3v) is 6.75. The first-order valence-corrected chi connectivity index (χ1v) is 13.3. The average molecular weight is 576 g/mol. The minimum Gasteiger partial charge on any atom is -0.497 e. The molecule has 4 rings (SSSR count). The number of methoxy groups -OCH3 is 1. The molecular formula is C33H32F3N3O3. The Kier molecular flexibility index (Phi) is 9.85. The average Bonchev–Trinajstić information content (AvgIpc) is 3.42. The second-order valence-corrected chi connectivity index (χ2v) is 9.76. The lowest BCUT2D eigenvalue weighted by Crippen LogP contribution is -2.42. The van der Waals surface area contributed by atoms with Crippen LogP contribution in [-0.4, -0.2) is 46.4 Å². The summed E-state index contributed by atoms with van der Waals surface area (Å²) in [5, 5.41) is 0. The van der Waals surface area contributed by atoms with Crippen molar-refractivity contribution in [2.24, 2.45) is 0 Å². The Morgan fingerprint density at radius 3 is 2.26 bits per heavy atom. The highest BCUT2D eigenvalue weighted by atomic mass is 19.4. The molecule has 0 aliphatic rings. The molecule has 0 N–H and O–H groups in total. The monoisotopic (exact) mass is 575 g/mol. The predicted octanol–water partition coefficient (Wildman–Crippen LogP) is 6.42. The van der Waals surface area contributed by atoms with Crippen molar-refractivity contribution < 1.29 is 27.5 Å². The second-order valence-electron chi connectivity index (χ2n) is 9.76. The fourth-order valence-corrected chi connectivity index (χ4v) is 4.58. The Morgan fingerprint density at radius 1 is 0.881 bits per heavy atom. The van der Waals surface area contributed by atoms with E-state index in [0.717, 1.165) is 23.4 Å². The lowest BCUT2D eigenvalue weighted by molar-refractivity contribution is -0.137. The van der Waals surface area contributed by atoms with Crippen LogP contribution in [0.15, 0.2) is 110 Å². The third kappa shape index (κ3) is 7.90. The van der Waals surface area contributed by atoms with Crippen LogP contribution in [0.4, 0.5) is 13.2 Å². The van der Waals surface area contributed by atoms with Gasteiger partial charge in [0.05, 0.1) is 19.2 Å². The fraction of sp³-hybridized carbons (Fsp3) is 0.212. The molecule has 0 aliphatic carbocycles. The SMILES string of the molecule is C=CCN(CC(=O)N(Cc1ccccc1)Cc1cccn1Cc1cccc(C(F)(F)F)c1)C(=O)c1ccc(OC)cc1. The van der Waals surface area contributed by atoms with Crippen LogP contribution < -0.4 is 4.74 Å². The van der Waals surface area contributed by atoms with E-state index in [1.54, 1.807) is 53.6 Å². The normalized spacial score (nSPS) is 11.1. The van der Waals surface area contributed by atoms with E-state index in [1.165, 1.54) is 18.1 Å². The van der Waals surface area contributed by atoms with Crippen LogP contribution in [0.2, 0.25) is 0 Å². The van der Waals surface area contributed by atoms with Crippen LogP contribution in [0.1, 0.15) is 32.7 Å². The first kappa shape index (κ1) is 30.2. The van der Waals surface area contributed by atoms with Gasteiger partial charge in [0.2, 0.25) is 5.91 Å². The maximum atomic E-state index is 13.8. The van der Waals surface area contributed by atoms with Gasteiger partial charge in [0.1, 0.15) is 12.3 Å². The number of benzene rings is 3. The Hall–Kier alpha value is -4.79. The summed E-state index contributed by atoms with van der Waals surface area (Å²) in [6.45, 7) is 4.41. The van der Waals surface area contributed by atoms with Gasteiger partial charge >= 0.3 is 6.18 Å². The van der Waals surface area contributed by atoms with Gasteiger partial charge in [-0.3, -0.25) is 9.59 Å². The van der Waals surface area contributed by atoms with Gasteiger partial charge in [-0.25, -0.2) is 0 Å². The minimum atomic E-state index is -4.44. The quantitative estimate of drug-likeness (QED) is 0.183. The molecule has 218 valence electrons. The van der Waals surface area contributed by atoms with Gasteiger partial charge in [-0.1, -0.05) is 48.5 Å². The van der Waals surface area contributed by atoms with E-state index in [-0.39, 0.29) is 44.5 Å². The molecule has 1 heterocycles. The maximum Gasteiger partial charge on any atom is 0.416 e. The molecule has 6 nitrogen and oxygen atoms in total. The zero-order chi connectivity index (χ0) is 30.1. The van der Waals surface area contributed by atoms with Crippen molar-refractivity contribution >= 4 is 11.8 Å². The third-order valence-electron chi connectivity index (χ3n) is 6.75. The van der Waals surface area contributed by atoms with E-state index in [9.17, 15) is 22.8 Å². The molecule has 0 atom stereocenters. The highest BCUT2D eigenvalue weighted by molar-refractivity contribution is 5.96. The topological polar surface area (TPSA) is 54.8 Å². The van der Waals surface area contributed by atoms with Gasteiger partial charge in [0, 0.05) is 37.1 Å². The van der Waals surface area contributed by atoms with E-state index in [1.807, 2.05) is 41.0 Å². The molecule has 0 unspecified atom stereocenters. The zero-order valence-corrected chi connectivity index (χ0v) is 23.3. The highest BCUT2D eigenvalue weighted by Gasteiger charge is 2.30. The van der Waals surface area contributed by atoms with Gasteiger partial charge in [-0.2, -0.15) is 13.2 Å². The molecule has 4 aromatic rings. The van der Waals surface area contributed by atoms with Gasteiger partial charge in [-0.15, -0.1) is 6.58 Å². The van der Waals surface area contributed by atoms with Crippen LogP contribution >= 0.6 is 0 Å². The smallest absolute Gasteiger partial charge is 0.416 e. The number of carbonyl (C=O) groups is 2. The molecule has 3 aromatic carbocycles. The minimum absolute atomic E-state index is 0.168. The molecule has 0 bridgehead atoms. The zero-order valence-electron chi connectivity index (χ0n) is 23.3. The second kappa shape index (κ2) is 13.7. The lowest BCUT2D eigenvalue weighted by atomic mass is 10.1. The number of alkyl halides is 3. The summed E-state index contributed by atoms with van der Waals surface area (Å²) in [4.78, 5) is 30.1. The largest absolute Gasteiger partial charge is 0.497 e. The standard InChI is InChI=1S/C33H32F3N3O3/c1-3-18-38(32(41)27-14-16-30(42-2)17-15-27)24-31(40)39(21-25-9-5-4-6-10-25)23-29-13-8-19-37(29)22-26-11-7-12-28(20-26)33(34,35)36/h3-17,19-20H,1,18,21-24H2,2H3. The summed E-state index contributed by atoms with van der Waals surface area (Å²) in [5.74, 6) is 0.00735. The van der Waals surface area contributed by atoms with Gasteiger partial charge in [0.25, 0.3) is 5.91 Å². The summed E-state index contributed by atoms with van der Waals surface area (Å²) in [5.41, 5.74) is 1.84. The molecule has 0 radical (unpaired) electrons. The van der Waals surface area contributed by atoms with Crippen LogP contribution in [0, 0.1) is 0 Å². The molecule has 0 saturated heterocycles. The molecule has 0 fully saturated rings. The van der Waals surface area contributed by atoms with E-state index in [2.05, 4.69) is 6.58 Å². The van der Waals surface area contributed by atoms with Crippen molar-refractivity contribution in [1.29, 1.82) is 0 Å². The lowest BCUT2D eigenvalue weighted by Gasteiger charge is -2.28. The number of ether oxygens (including phenoxy) is 1. The molecular weight excluding hydrogens is 543 g/mol. The van der Waals surface area contributed by atoms with Crippen molar-refractivity contribution in [2.75, 3.05) is 20.2 Å². The number of rotatable bonds is 12. The summed E-state index contributed by atoms with van der Waals surface area (Å²) >= 11 is 0. The number of hydrogen-bond acceptors (Lipinski definition) is 3. The van der Waals surface area contributed by atoms with Crippen LogP contribution in [0.25, 0.3) is 0 Å². The number of amides is 2. The molecule has 2 amide bonds. The maximum absolute atomic E-state index is 13.8. The summed E-state index contributed by atoms with van der Waals surface area (Å²) in [6.07, 6.45) is -1.09. The summed E-state index contributed by atoms with van der Waals surface area (Å²) in [6, 6.07) is 25.0. The van der Waals surface area contributed by atoms with Crippen LogP contribution in [0.5, 0.6) is 5.75 Å². The first-order chi connectivity index (χ1) is 20.2. The van der Waals surface area contributed by atoms with Gasteiger partial charge in [-0.05, 0) is 59.7 Å². The number of aromatic nitrogens is 1. The van der Waals surface area contributed by atoms with E-state index >= 15 is 0 Å². The van der Waals surface area contributed by atoms with Crippen molar-refractivity contribution in [1.82, 2.24) is 14.4 Å². The van der Waals surface area contributed by atoms with Gasteiger partial charge in [0.15, 0.2) is 0 Å². The number of hydrogen-bond donors (Lipinski definition) is 0. The van der Waals surface area contributed by atoms with E-state index in [0.29, 0.717) is 16.9 Å². The van der Waals surface area contributed by atoms with Gasteiger partial charge < -0.3 is 19.1 Å². The predicted molar refractivity (Wildman–Crippen MR) is 155 cm³/mol. The number of nitrogens with zero attached hydrogens (tertiary/aromatic N) is 3. The van der Waals surface area contributed by atoms with Crippen molar-refractivity contribution in [3.05, 3.63) is 138 Å².